The molecule has 88 valence electrons. The molecule has 0 heterocycles. The Balaban J connectivity index is 3.56. The molecule has 0 saturated heterocycles. The second-order valence-corrected chi connectivity index (χ2v) is 4.67. The van der Waals surface area contributed by atoms with Crippen molar-refractivity contribution in [2.24, 2.45) is 0 Å². The van der Waals surface area contributed by atoms with Gasteiger partial charge in [0.2, 0.25) is 0 Å². The molecule has 1 aromatic carbocycles. The van der Waals surface area contributed by atoms with Gasteiger partial charge < -0.3 is 0 Å². The number of alkyl halides is 4. The van der Waals surface area contributed by atoms with Gasteiger partial charge in [0.05, 0.1) is 16.5 Å². The average molecular weight is 383 g/mol. The van der Waals surface area contributed by atoms with Gasteiger partial charge in [-0.2, -0.15) is 13.2 Å². The number of ketones is 1. The Kier molecular flexibility index (Phi) is 4.48. The molecule has 1 nitrogen and oxygen atoms in total. The maximum absolute atomic E-state index is 12.7. The van der Waals surface area contributed by atoms with Gasteiger partial charge in [-0.1, -0.05) is 11.6 Å². The topological polar surface area (TPSA) is 17.1 Å². The summed E-state index contributed by atoms with van der Waals surface area (Å²) in [5.74, 6) is -1.31. The number of hydrogen-bond acceptors (Lipinski definition) is 1. The normalized spacial score (nSPS) is 11.6. The number of benzene rings is 1. The molecule has 0 aliphatic carbocycles. The van der Waals surface area contributed by atoms with Gasteiger partial charge >= 0.3 is 6.18 Å². The van der Waals surface area contributed by atoms with Crippen molar-refractivity contribution in [2.75, 3.05) is 5.88 Å². The van der Waals surface area contributed by atoms with E-state index in [1.807, 2.05) is 0 Å². The van der Waals surface area contributed by atoms with Crippen LogP contribution < -0.4 is 0 Å². The lowest BCUT2D eigenvalue weighted by Crippen LogP contribution is -2.16. The van der Waals surface area contributed by atoms with Crippen LogP contribution in [0.3, 0.4) is 0 Å². The van der Waals surface area contributed by atoms with Crippen molar-refractivity contribution in [1.29, 1.82) is 0 Å². The monoisotopic (exact) mass is 382 g/mol. The summed E-state index contributed by atoms with van der Waals surface area (Å²) in [5.41, 5.74) is -1.58. The first kappa shape index (κ1) is 14.1. The third-order valence-corrected chi connectivity index (χ3v) is 3.24. The zero-order valence-corrected chi connectivity index (χ0v) is 11.2. The van der Waals surface area contributed by atoms with Gasteiger partial charge in [0.25, 0.3) is 0 Å². The quantitative estimate of drug-likeness (QED) is 0.421. The summed E-state index contributed by atoms with van der Waals surface area (Å²) in [6.07, 6.45) is -4.67. The first-order chi connectivity index (χ1) is 7.29. The van der Waals surface area contributed by atoms with Crippen LogP contribution in [0.2, 0.25) is 5.02 Å². The van der Waals surface area contributed by atoms with Crippen molar-refractivity contribution in [1.82, 2.24) is 0 Å². The Labute approximate surface area is 113 Å². The van der Waals surface area contributed by atoms with E-state index < -0.39 is 34.0 Å². The molecule has 0 aromatic heterocycles. The molecule has 0 bridgehead atoms. The minimum absolute atomic E-state index is 0.181. The van der Waals surface area contributed by atoms with Crippen LogP contribution in [0.5, 0.6) is 0 Å². The van der Waals surface area contributed by atoms with Gasteiger partial charge in [-0.3, -0.25) is 4.79 Å². The Bertz CT molecular complexity index is 431. The first-order valence-corrected chi connectivity index (χ1v) is 5.92. The van der Waals surface area contributed by atoms with E-state index in [9.17, 15) is 18.0 Å². The van der Waals surface area contributed by atoms with Crippen LogP contribution in [0.25, 0.3) is 0 Å². The van der Waals surface area contributed by atoms with Crippen molar-refractivity contribution in [3.8, 4) is 0 Å². The second-order valence-electron chi connectivity index (χ2n) is 2.83. The number of rotatable bonds is 2. The van der Waals surface area contributed by atoms with Crippen LogP contribution >= 0.6 is 45.8 Å². The lowest BCUT2D eigenvalue weighted by Gasteiger charge is -2.14. The van der Waals surface area contributed by atoms with E-state index >= 15 is 0 Å². The van der Waals surface area contributed by atoms with Crippen LogP contribution in [0, 0.1) is 3.57 Å². The fourth-order valence-electron chi connectivity index (χ4n) is 1.17. The summed E-state index contributed by atoms with van der Waals surface area (Å²) in [5, 5.41) is -0.499. The van der Waals surface area contributed by atoms with Gasteiger partial charge in [0, 0.05) is 9.13 Å². The molecule has 0 N–H and O–H groups in total. The SMILES string of the molecule is O=C(CCl)c1c(I)ccc(Cl)c1C(F)(F)F. The molecule has 0 atom stereocenters. The number of Topliss-reactive ketones (excluding diaryl/α,β-unsaturated/α-hetero) is 1. The highest BCUT2D eigenvalue weighted by atomic mass is 127. The smallest absolute Gasteiger partial charge is 0.293 e. The van der Waals surface area contributed by atoms with Crippen molar-refractivity contribution in [2.45, 2.75) is 6.18 Å². The number of hydrogen-bond donors (Lipinski definition) is 0. The predicted molar refractivity (Wildman–Crippen MR) is 64.2 cm³/mol. The van der Waals surface area contributed by atoms with Gasteiger partial charge in [-0.15, -0.1) is 11.6 Å². The van der Waals surface area contributed by atoms with E-state index in [0.717, 1.165) is 6.07 Å². The molecule has 0 fully saturated rings. The van der Waals surface area contributed by atoms with Gasteiger partial charge in [-0.05, 0) is 34.7 Å². The lowest BCUT2D eigenvalue weighted by atomic mass is 10.0. The molecule has 0 unspecified atom stereocenters. The van der Waals surface area contributed by atoms with E-state index in [1.165, 1.54) is 6.07 Å². The minimum Gasteiger partial charge on any atom is -0.293 e. The molecule has 0 aliphatic heterocycles. The Hall–Kier alpha value is -0.0100. The Morgan fingerprint density at radius 1 is 1.38 bits per heavy atom. The molecule has 0 amide bonds. The molecular formula is C9H4Cl2F3IO. The van der Waals surface area contributed by atoms with E-state index in [0.29, 0.717) is 0 Å². The zero-order chi connectivity index (χ0) is 12.5. The van der Waals surface area contributed by atoms with Crippen LogP contribution in [0.1, 0.15) is 15.9 Å². The van der Waals surface area contributed by atoms with E-state index in [4.69, 9.17) is 23.2 Å². The van der Waals surface area contributed by atoms with Crippen molar-refractivity contribution < 1.29 is 18.0 Å². The van der Waals surface area contributed by atoms with Crippen LogP contribution in [-0.4, -0.2) is 11.7 Å². The summed E-state index contributed by atoms with van der Waals surface area (Å²) < 4.78 is 38.3. The molecule has 0 spiro atoms. The maximum Gasteiger partial charge on any atom is 0.418 e. The highest BCUT2D eigenvalue weighted by Gasteiger charge is 2.38. The molecule has 0 saturated carbocycles. The van der Waals surface area contributed by atoms with Gasteiger partial charge in [0.15, 0.2) is 5.78 Å². The Morgan fingerprint density at radius 3 is 2.38 bits per heavy atom. The fourth-order valence-corrected chi connectivity index (χ4v) is 2.32. The molecule has 7 heteroatoms. The summed E-state index contributed by atoms with van der Waals surface area (Å²) in [6, 6.07) is 2.45. The van der Waals surface area contributed by atoms with Crippen LogP contribution in [-0.2, 0) is 6.18 Å². The molecular weight excluding hydrogens is 379 g/mol. The third-order valence-electron chi connectivity index (χ3n) is 1.79. The van der Waals surface area contributed by atoms with Crippen molar-refractivity contribution >= 4 is 51.6 Å². The fraction of sp³-hybridized carbons (Fsp3) is 0.222. The molecule has 0 aliphatic rings. The average Bonchev–Trinajstić information content (AvgIpc) is 2.18. The second kappa shape index (κ2) is 5.10. The molecule has 16 heavy (non-hydrogen) atoms. The van der Waals surface area contributed by atoms with Crippen LogP contribution in [0.15, 0.2) is 12.1 Å². The van der Waals surface area contributed by atoms with Crippen LogP contribution in [0.4, 0.5) is 13.2 Å². The summed E-state index contributed by atoms with van der Waals surface area (Å²) in [7, 11) is 0. The summed E-state index contributed by atoms with van der Waals surface area (Å²) in [4.78, 5) is 11.4. The molecule has 0 radical (unpaired) electrons. The lowest BCUT2D eigenvalue weighted by molar-refractivity contribution is -0.137. The molecule has 1 rings (SSSR count). The summed E-state index contributed by atoms with van der Waals surface area (Å²) in [6.45, 7) is 0. The first-order valence-electron chi connectivity index (χ1n) is 3.93. The van der Waals surface area contributed by atoms with Gasteiger partial charge in [-0.25, -0.2) is 0 Å². The number of halogens is 6. The highest BCUT2D eigenvalue weighted by molar-refractivity contribution is 14.1. The highest BCUT2D eigenvalue weighted by Crippen LogP contribution is 2.39. The van der Waals surface area contributed by atoms with Gasteiger partial charge in [0.1, 0.15) is 0 Å². The molecule has 1 aromatic rings. The van der Waals surface area contributed by atoms with E-state index in [2.05, 4.69) is 0 Å². The number of carbonyl (C=O) groups excluding carboxylic acids is 1. The van der Waals surface area contributed by atoms with Crippen molar-refractivity contribution in [3.05, 3.63) is 31.9 Å². The standard InChI is InChI=1S/C9H4Cl2F3IO/c10-3-6(16)7-5(15)2-1-4(11)8(7)9(12,13)14/h1-2H,3H2. The number of carbonyl (C=O) groups is 1. The predicted octanol–water partition coefficient (Wildman–Crippen LogP) is 4.38. The Morgan fingerprint density at radius 2 is 1.94 bits per heavy atom. The third kappa shape index (κ3) is 2.81. The largest absolute Gasteiger partial charge is 0.418 e. The van der Waals surface area contributed by atoms with E-state index in [1.54, 1.807) is 22.6 Å². The minimum atomic E-state index is -4.67. The zero-order valence-electron chi connectivity index (χ0n) is 7.54. The van der Waals surface area contributed by atoms with Crippen molar-refractivity contribution in [3.63, 3.8) is 0 Å². The van der Waals surface area contributed by atoms with E-state index in [-0.39, 0.29) is 3.57 Å². The summed E-state index contributed by atoms with van der Waals surface area (Å²) >= 11 is 12.4. The maximum atomic E-state index is 12.7.